The molecule has 0 aliphatic heterocycles. The first kappa shape index (κ1) is 33.5. The number of rotatable bonds is 16. The molecule has 0 saturated carbocycles. The zero-order chi connectivity index (χ0) is 29.4. The minimum Gasteiger partial charge on any atom is -0.391 e. The van der Waals surface area contributed by atoms with Crippen LogP contribution in [0.3, 0.4) is 0 Å². The molecule has 0 heterocycles. The topological polar surface area (TPSA) is 102 Å². The van der Waals surface area contributed by atoms with Crippen LogP contribution in [0.4, 0.5) is 13.2 Å². The molecule has 0 saturated heterocycles. The Morgan fingerprint density at radius 1 is 1.05 bits per heavy atom. The van der Waals surface area contributed by atoms with Gasteiger partial charge in [-0.3, -0.25) is 19.3 Å². The summed E-state index contributed by atoms with van der Waals surface area (Å²) in [7, 11) is 2.77. The molecule has 3 amide bonds. The number of carbonyl (C=O) groups is 3. The van der Waals surface area contributed by atoms with Gasteiger partial charge in [0.15, 0.2) is 0 Å². The highest BCUT2D eigenvalue weighted by Gasteiger charge is 2.30. The number of carbonyl (C=O) groups excluding carboxylic acids is 3. The van der Waals surface area contributed by atoms with E-state index in [-0.39, 0.29) is 38.9 Å². The van der Waals surface area contributed by atoms with Gasteiger partial charge in [0.05, 0.1) is 18.6 Å². The predicted octanol–water partition coefficient (Wildman–Crippen LogP) is 1.59. The zero-order valence-electron chi connectivity index (χ0n) is 22.3. The second-order valence-electron chi connectivity index (χ2n) is 9.37. The van der Waals surface area contributed by atoms with Crippen molar-refractivity contribution >= 4 is 17.7 Å². The molecular weight excluding hydrogens is 513 g/mol. The van der Waals surface area contributed by atoms with Crippen molar-refractivity contribution in [1.82, 2.24) is 20.4 Å². The van der Waals surface area contributed by atoms with Gasteiger partial charge < -0.3 is 20.6 Å². The highest BCUT2D eigenvalue weighted by atomic mass is 19.4. The van der Waals surface area contributed by atoms with Crippen LogP contribution in [0.1, 0.15) is 31.2 Å². The molecule has 0 unspecified atom stereocenters. The van der Waals surface area contributed by atoms with E-state index in [4.69, 9.17) is 12.8 Å². The molecule has 1 aromatic carbocycles. The second kappa shape index (κ2) is 17.1. The second-order valence-corrected chi connectivity index (χ2v) is 9.37. The Labute approximate surface area is 228 Å². The van der Waals surface area contributed by atoms with Gasteiger partial charge in [-0.05, 0) is 25.5 Å². The molecule has 0 spiro atoms. The summed E-state index contributed by atoms with van der Waals surface area (Å²) < 4.78 is 37.7. The lowest BCUT2D eigenvalue weighted by Crippen LogP contribution is -2.50. The standard InChI is InChI=1S/C28H37F3N4O4/c1-5-7-14-23(36)19-32-27(39)24(11-6-2)33-26(38)22(17-21-12-9-8-10-13-21)18-25(37)35(4)16-15-34(3)20-28(29,30)31/h1-2,8-10,12-13,22-24,36H,7,11,14-20H2,3-4H3,(H,32,39)(H,33,38)/t22-,23+,24+/m1/s1. The number of halogens is 3. The summed E-state index contributed by atoms with van der Waals surface area (Å²) in [5, 5.41) is 15.1. The number of hydrogen-bond donors (Lipinski definition) is 3. The van der Waals surface area contributed by atoms with Gasteiger partial charge in [0.25, 0.3) is 0 Å². The summed E-state index contributed by atoms with van der Waals surface area (Å²) in [6.07, 6.45) is 5.84. The lowest BCUT2D eigenvalue weighted by molar-refractivity contribution is -0.144. The van der Waals surface area contributed by atoms with Crippen LogP contribution >= 0.6 is 0 Å². The monoisotopic (exact) mass is 550 g/mol. The maximum Gasteiger partial charge on any atom is 0.401 e. The molecule has 11 heteroatoms. The van der Waals surface area contributed by atoms with E-state index in [0.717, 1.165) is 10.5 Å². The van der Waals surface area contributed by atoms with Crippen LogP contribution in [-0.4, -0.2) is 91.2 Å². The van der Waals surface area contributed by atoms with Gasteiger partial charge >= 0.3 is 6.18 Å². The van der Waals surface area contributed by atoms with Crippen molar-refractivity contribution in [3.05, 3.63) is 35.9 Å². The lowest BCUT2D eigenvalue weighted by Gasteiger charge is -2.25. The van der Waals surface area contributed by atoms with Crippen molar-refractivity contribution in [2.75, 3.05) is 40.3 Å². The summed E-state index contributed by atoms with van der Waals surface area (Å²) >= 11 is 0. The molecule has 1 rings (SSSR count). The van der Waals surface area contributed by atoms with Crippen molar-refractivity contribution in [3.8, 4) is 24.7 Å². The van der Waals surface area contributed by atoms with E-state index in [2.05, 4.69) is 22.5 Å². The van der Waals surface area contributed by atoms with Crippen LogP contribution in [0.2, 0.25) is 0 Å². The van der Waals surface area contributed by atoms with E-state index in [0.29, 0.717) is 12.8 Å². The minimum atomic E-state index is -4.35. The summed E-state index contributed by atoms with van der Waals surface area (Å²) in [5.41, 5.74) is 0.785. The Morgan fingerprint density at radius 2 is 1.72 bits per heavy atom. The first-order valence-electron chi connectivity index (χ1n) is 12.5. The maximum absolute atomic E-state index is 13.3. The van der Waals surface area contributed by atoms with E-state index >= 15 is 0 Å². The van der Waals surface area contributed by atoms with Crippen LogP contribution in [0.25, 0.3) is 0 Å². The molecule has 1 aromatic rings. The predicted molar refractivity (Wildman–Crippen MR) is 142 cm³/mol. The van der Waals surface area contributed by atoms with Gasteiger partial charge in [-0.1, -0.05) is 30.3 Å². The van der Waals surface area contributed by atoms with Gasteiger partial charge in [0, 0.05) is 45.9 Å². The third-order valence-corrected chi connectivity index (χ3v) is 5.90. The van der Waals surface area contributed by atoms with Crippen molar-refractivity contribution in [2.45, 2.75) is 50.4 Å². The molecule has 0 fully saturated rings. The average molecular weight is 551 g/mol. The van der Waals surface area contributed by atoms with E-state index in [1.807, 2.05) is 0 Å². The molecule has 39 heavy (non-hydrogen) atoms. The molecule has 0 aliphatic rings. The number of hydrogen-bond acceptors (Lipinski definition) is 5. The van der Waals surface area contributed by atoms with Crippen LogP contribution in [-0.2, 0) is 20.8 Å². The molecule has 0 bridgehead atoms. The van der Waals surface area contributed by atoms with Crippen LogP contribution in [0.5, 0.6) is 0 Å². The molecule has 214 valence electrons. The molecule has 3 N–H and O–H groups in total. The van der Waals surface area contributed by atoms with Crippen molar-refractivity contribution < 1.29 is 32.7 Å². The summed E-state index contributed by atoms with van der Waals surface area (Å²) in [5.74, 6) is 2.28. The highest BCUT2D eigenvalue weighted by Crippen LogP contribution is 2.17. The summed E-state index contributed by atoms with van der Waals surface area (Å²) in [4.78, 5) is 41.2. The quantitative estimate of drug-likeness (QED) is 0.272. The Hall–Kier alpha value is -3.54. The zero-order valence-corrected chi connectivity index (χ0v) is 22.3. The number of alkyl halides is 3. The normalized spacial score (nSPS) is 13.5. The molecular formula is C28H37F3N4O4. The largest absolute Gasteiger partial charge is 0.401 e. The molecule has 0 aliphatic carbocycles. The van der Waals surface area contributed by atoms with Crippen LogP contribution in [0.15, 0.2) is 30.3 Å². The lowest BCUT2D eigenvalue weighted by atomic mass is 9.94. The Morgan fingerprint density at radius 3 is 2.31 bits per heavy atom. The number of terminal acetylenes is 2. The van der Waals surface area contributed by atoms with E-state index in [9.17, 15) is 32.7 Å². The van der Waals surface area contributed by atoms with Gasteiger partial charge in [-0.2, -0.15) is 13.2 Å². The molecule has 3 atom stereocenters. The van der Waals surface area contributed by atoms with E-state index in [1.165, 1.54) is 19.0 Å². The average Bonchev–Trinajstić information content (AvgIpc) is 2.87. The van der Waals surface area contributed by atoms with Gasteiger partial charge in [-0.15, -0.1) is 24.7 Å². The number of amides is 3. The van der Waals surface area contributed by atoms with Gasteiger partial charge in [0.2, 0.25) is 17.7 Å². The van der Waals surface area contributed by atoms with Crippen molar-refractivity contribution in [2.24, 2.45) is 5.92 Å². The third-order valence-electron chi connectivity index (χ3n) is 5.90. The minimum absolute atomic E-state index is 0.00505. The van der Waals surface area contributed by atoms with Gasteiger partial charge in [0.1, 0.15) is 6.04 Å². The van der Waals surface area contributed by atoms with E-state index in [1.54, 1.807) is 30.3 Å². The Bertz CT molecular complexity index is 1000. The first-order chi connectivity index (χ1) is 18.4. The van der Waals surface area contributed by atoms with Gasteiger partial charge in [-0.25, -0.2) is 0 Å². The maximum atomic E-state index is 13.3. The number of aliphatic hydroxyl groups is 1. The van der Waals surface area contributed by atoms with Crippen molar-refractivity contribution in [1.29, 1.82) is 0 Å². The number of likely N-dealkylation sites (N-methyl/N-ethyl adjacent to an activating group) is 2. The number of nitrogens with one attached hydrogen (secondary N) is 2. The number of benzene rings is 1. The molecule has 0 aromatic heterocycles. The smallest absolute Gasteiger partial charge is 0.391 e. The number of aliphatic hydroxyl groups excluding tert-OH is 1. The number of nitrogens with zero attached hydrogens (tertiary/aromatic N) is 2. The molecule has 8 nitrogen and oxygen atoms in total. The fourth-order valence-corrected chi connectivity index (χ4v) is 3.66. The van der Waals surface area contributed by atoms with E-state index < -0.39 is 48.5 Å². The van der Waals surface area contributed by atoms with Crippen LogP contribution < -0.4 is 10.6 Å². The third kappa shape index (κ3) is 14.3. The summed E-state index contributed by atoms with van der Waals surface area (Å²) in [6.45, 7) is -1.14. The fraction of sp³-hybridized carbons (Fsp3) is 0.536. The Kier molecular flexibility index (Phi) is 14.7. The SMILES string of the molecule is C#CCC[C@H](O)CNC(=O)[C@H](CC#C)NC(=O)[C@@H](CC(=O)N(C)CCN(C)CC(F)(F)F)Cc1ccccc1. The molecule has 0 radical (unpaired) electrons. The van der Waals surface area contributed by atoms with Crippen molar-refractivity contribution in [3.63, 3.8) is 0 Å². The Balaban J connectivity index is 2.89. The highest BCUT2D eigenvalue weighted by molar-refractivity contribution is 5.91. The fourth-order valence-electron chi connectivity index (χ4n) is 3.66. The first-order valence-corrected chi connectivity index (χ1v) is 12.5. The summed E-state index contributed by atoms with van der Waals surface area (Å²) in [6, 6.07) is 7.88. The van der Waals surface area contributed by atoms with Crippen LogP contribution in [0, 0.1) is 30.6 Å².